The zero-order valence-corrected chi connectivity index (χ0v) is 15.0. The highest BCUT2D eigenvalue weighted by molar-refractivity contribution is 6.00. The minimum atomic E-state index is -0.0132. The van der Waals surface area contributed by atoms with E-state index in [4.69, 9.17) is 9.72 Å². The summed E-state index contributed by atoms with van der Waals surface area (Å²) in [5.41, 5.74) is 4.52. The summed E-state index contributed by atoms with van der Waals surface area (Å²) >= 11 is 0. The molecule has 0 saturated carbocycles. The van der Waals surface area contributed by atoms with E-state index in [1.807, 2.05) is 36.4 Å². The Morgan fingerprint density at radius 2 is 2.07 bits per heavy atom. The van der Waals surface area contributed by atoms with Crippen molar-refractivity contribution in [1.29, 1.82) is 0 Å². The van der Waals surface area contributed by atoms with Crippen molar-refractivity contribution >= 4 is 16.8 Å². The molecule has 2 aliphatic heterocycles. The van der Waals surface area contributed by atoms with Gasteiger partial charge in [0, 0.05) is 47.9 Å². The number of fused-ring (bicyclic) bond motifs is 2. The van der Waals surface area contributed by atoms with Crippen LogP contribution in [0.3, 0.4) is 0 Å². The van der Waals surface area contributed by atoms with E-state index in [1.165, 1.54) is 0 Å². The van der Waals surface area contributed by atoms with Crippen LogP contribution in [-0.4, -0.2) is 41.6 Å². The molecule has 0 radical (unpaired) electrons. The maximum atomic E-state index is 12.1. The molecule has 1 saturated heterocycles. The van der Waals surface area contributed by atoms with Gasteiger partial charge in [0.05, 0.1) is 11.1 Å². The van der Waals surface area contributed by atoms with Crippen LogP contribution >= 0.6 is 0 Å². The number of piperidine rings is 1. The van der Waals surface area contributed by atoms with E-state index in [-0.39, 0.29) is 12.0 Å². The number of rotatable bonds is 3. The molecule has 1 fully saturated rings. The molecule has 3 N–H and O–H groups in total. The van der Waals surface area contributed by atoms with Gasteiger partial charge in [0.1, 0.15) is 6.10 Å². The van der Waals surface area contributed by atoms with Crippen LogP contribution in [0.25, 0.3) is 22.2 Å². The monoisotopic (exact) mass is 362 g/mol. The van der Waals surface area contributed by atoms with Crippen LogP contribution in [-0.2, 0) is 6.42 Å². The highest BCUT2D eigenvalue weighted by Gasteiger charge is 2.21. The van der Waals surface area contributed by atoms with Gasteiger partial charge < -0.3 is 20.4 Å². The Hall–Kier alpha value is -2.86. The third kappa shape index (κ3) is 3.06. The number of amides is 1. The van der Waals surface area contributed by atoms with Gasteiger partial charge in [0.25, 0.3) is 5.91 Å². The molecular weight excluding hydrogens is 340 g/mol. The number of hydrogen-bond donors (Lipinski definition) is 3. The lowest BCUT2D eigenvalue weighted by Gasteiger charge is -2.23. The van der Waals surface area contributed by atoms with Crippen LogP contribution in [0.15, 0.2) is 36.4 Å². The van der Waals surface area contributed by atoms with Crippen molar-refractivity contribution in [2.75, 3.05) is 19.6 Å². The Bertz CT molecular complexity index is 1000. The van der Waals surface area contributed by atoms with Crippen LogP contribution in [0.2, 0.25) is 0 Å². The molecule has 6 heteroatoms. The number of ether oxygens (including phenoxy) is 1. The second-order valence-corrected chi connectivity index (χ2v) is 7.19. The highest BCUT2D eigenvalue weighted by atomic mass is 16.5. The number of benzene rings is 1. The number of carbonyl (C=O) groups is 1. The summed E-state index contributed by atoms with van der Waals surface area (Å²) in [4.78, 5) is 20.3. The standard InChI is InChI=1S/C21H22N4O2/c26-21-16-11-18(24-17(16)8-10-23-21)15-5-1-3-13-6-7-19(25-20(13)15)27-14-4-2-9-22-12-14/h1,3,5-7,11,14,22,24H,2,4,8-10,12H2,(H,23,26)/t14-/m0/s1. The van der Waals surface area contributed by atoms with Crippen molar-refractivity contribution in [3.63, 3.8) is 0 Å². The van der Waals surface area contributed by atoms with Gasteiger partial charge in [-0.25, -0.2) is 4.98 Å². The normalized spacial score (nSPS) is 19.6. The Morgan fingerprint density at radius 3 is 2.93 bits per heavy atom. The third-order valence-corrected chi connectivity index (χ3v) is 5.33. The molecule has 0 bridgehead atoms. The fourth-order valence-electron chi connectivity index (χ4n) is 3.94. The fourth-order valence-corrected chi connectivity index (χ4v) is 3.94. The summed E-state index contributed by atoms with van der Waals surface area (Å²) in [6, 6.07) is 12.0. The quantitative estimate of drug-likeness (QED) is 0.669. The minimum absolute atomic E-state index is 0.0132. The van der Waals surface area contributed by atoms with Gasteiger partial charge in [-0.3, -0.25) is 4.79 Å². The first kappa shape index (κ1) is 16.3. The first-order valence-corrected chi connectivity index (χ1v) is 9.55. The van der Waals surface area contributed by atoms with Crippen molar-refractivity contribution in [2.45, 2.75) is 25.4 Å². The Labute approximate surface area is 157 Å². The van der Waals surface area contributed by atoms with E-state index in [9.17, 15) is 4.79 Å². The lowest BCUT2D eigenvalue weighted by Crippen LogP contribution is -2.37. The molecule has 6 nitrogen and oxygen atoms in total. The van der Waals surface area contributed by atoms with Crippen molar-refractivity contribution in [1.82, 2.24) is 20.6 Å². The molecule has 0 unspecified atom stereocenters. The topological polar surface area (TPSA) is 79.0 Å². The van der Waals surface area contributed by atoms with E-state index in [0.29, 0.717) is 12.4 Å². The predicted molar refractivity (Wildman–Crippen MR) is 104 cm³/mol. The van der Waals surface area contributed by atoms with Gasteiger partial charge in [0.2, 0.25) is 5.88 Å². The van der Waals surface area contributed by atoms with Gasteiger partial charge in [0.15, 0.2) is 0 Å². The number of aromatic amines is 1. The van der Waals surface area contributed by atoms with Crippen LogP contribution < -0.4 is 15.4 Å². The summed E-state index contributed by atoms with van der Waals surface area (Å²) in [6.07, 6.45) is 3.16. The number of nitrogens with zero attached hydrogens (tertiary/aromatic N) is 1. The van der Waals surface area contributed by atoms with E-state index < -0.39 is 0 Å². The molecule has 3 aromatic rings. The van der Waals surface area contributed by atoms with E-state index in [1.54, 1.807) is 0 Å². The molecular formula is C21H22N4O2. The number of H-pyrrole nitrogens is 1. The summed E-state index contributed by atoms with van der Waals surface area (Å²) in [5.74, 6) is 0.637. The number of para-hydroxylation sites is 1. The predicted octanol–water partition coefficient (Wildman–Crippen LogP) is 2.65. The average molecular weight is 362 g/mol. The van der Waals surface area contributed by atoms with E-state index in [0.717, 1.165) is 65.8 Å². The number of carbonyl (C=O) groups excluding carboxylic acids is 1. The molecule has 4 heterocycles. The SMILES string of the molecule is O=C1NCCc2[nH]c(-c3cccc4ccc(O[C@H]5CCCNC5)nc34)cc21. The zero-order chi connectivity index (χ0) is 18.2. The van der Waals surface area contributed by atoms with Crippen molar-refractivity contribution in [3.05, 3.63) is 47.7 Å². The van der Waals surface area contributed by atoms with Gasteiger partial charge in [-0.05, 0) is 31.5 Å². The number of aromatic nitrogens is 2. The average Bonchev–Trinajstić information content (AvgIpc) is 3.14. The Kier molecular flexibility index (Phi) is 4.05. The van der Waals surface area contributed by atoms with Gasteiger partial charge in [-0.2, -0.15) is 0 Å². The van der Waals surface area contributed by atoms with E-state index >= 15 is 0 Å². The summed E-state index contributed by atoms with van der Waals surface area (Å²) in [5, 5.41) is 7.31. The van der Waals surface area contributed by atoms with Crippen LogP contribution in [0, 0.1) is 0 Å². The molecule has 27 heavy (non-hydrogen) atoms. The van der Waals surface area contributed by atoms with Crippen LogP contribution in [0.4, 0.5) is 0 Å². The molecule has 0 spiro atoms. The maximum absolute atomic E-state index is 12.1. The molecule has 5 rings (SSSR count). The highest BCUT2D eigenvalue weighted by Crippen LogP contribution is 2.31. The zero-order valence-electron chi connectivity index (χ0n) is 15.0. The molecule has 0 aliphatic carbocycles. The largest absolute Gasteiger partial charge is 0.473 e. The van der Waals surface area contributed by atoms with Gasteiger partial charge in [-0.15, -0.1) is 0 Å². The minimum Gasteiger partial charge on any atom is -0.473 e. The van der Waals surface area contributed by atoms with Crippen molar-refractivity contribution in [3.8, 4) is 17.1 Å². The smallest absolute Gasteiger partial charge is 0.253 e. The lowest BCUT2D eigenvalue weighted by atomic mass is 10.1. The lowest BCUT2D eigenvalue weighted by molar-refractivity contribution is 0.0946. The summed E-state index contributed by atoms with van der Waals surface area (Å²) in [7, 11) is 0. The molecule has 2 aromatic heterocycles. The number of nitrogens with one attached hydrogen (secondary N) is 3. The van der Waals surface area contributed by atoms with Crippen molar-refractivity contribution in [2.24, 2.45) is 0 Å². The molecule has 2 aliphatic rings. The van der Waals surface area contributed by atoms with Gasteiger partial charge in [-0.1, -0.05) is 18.2 Å². The summed E-state index contributed by atoms with van der Waals surface area (Å²) < 4.78 is 6.10. The number of hydrogen-bond acceptors (Lipinski definition) is 4. The molecule has 1 amide bonds. The molecule has 138 valence electrons. The Morgan fingerprint density at radius 1 is 1.11 bits per heavy atom. The third-order valence-electron chi connectivity index (χ3n) is 5.33. The molecule has 1 aromatic carbocycles. The fraction of sp³-hybridized carbons (Fsp3) is 0.333. The first-order valence-electron chi connectivity index (χ1n) is 9.55. The summed E-state index contributed by atoms with van der Waals surface area (Å²) in [6.45, 7) is 2.59. The molecule has 1 atom stereocenters. The van der Waals surface area contributed by atoms with Crippen LogP contribution in [0.1, 0.15) is 28.9 Å². The second-order valence-electron chi connectivity index (χ2n) is 7.19. The number of pyridine rings is 1. The maximum Gasteiger partial charge on any atom is 0.253 e. The first-order chi connectivity index (χ1) is 13.3. The van der Waals surface area contributed by atoms with Gasteiger partial charge >= 0.3 is 0 Å². The van der Waals surface area contributed by atoms with E-state index in [2.05, 4.69) is 15.6 Å². The second kappa shape index (κ2) is 6.70. The Balaban J connectivity index is 1.54. The van der Waals surface area contributed by atoms with Crippen LogP contribution in [0.5, 0.6) is 5.88 Å². The van der Waals surface area contributed by atoms with Crippen molar-refractivity contribution < 1.29 is 9.53 Å².